The summed E-state index contributed by atoms with van der Waals surface area (Å²) in [5.41, 5.74) is 2.45. The largest absolute Gasteiger partial charge is 0.393 e. The number of hydrogen-bond donors (Lipinski definition) is 2. The molecule has 1 heterocycles. The van der Waals surface area contributed by atoms with Gasteiger partial charge in [-0.1, -0.05) is 29.4 Å². The lowest BCUT2D eigenvalue weighted by atomic mass is 9.89. The summed E-state index contributed by atoms with van der Waals surface area (Å²) in [6.45, 7) is 7.93. The Hall–Kier alpha value is -0.900. The van der Waals surface area contributed by atoms with Crippen molar-refractivity contribution in [1.29, 1.82) is 0 Å². The van der Waals surface area contributed by atoms with Gasteiger partial charge in [0.25, 0.3) is 0 Å². The van der Waals surface area contributed by atoms with Crippen molar-refractivity contribution < 1.29 is 14.9 Å². The van der Waals surface area contributed by atoms with Crippen molar-refractivity contribution in [3.63, 3.8) is 0 Å². The average Bonchev–Trinajstić information content (AvgIpc) is 3.14. The highest BCUT2D eigenvalue weighted by Crippen LogP contribution is 2.43. The van der Waals surface area contributed by atoms with Crippen LogP contribution in [0, 0.1) is 0 Å². The van der Waals surface area contributed by atoms with Crippen LogP contribution in [0.15, 0.2) is 34.9 Å². The first-order valence-corrected chi connectivity index (χ1v) is 8.80. The number of allylic oxidation sites excluding steroid dienone is 5. The number of epoxide rings is 1. The fourth-order valence-corrected chi connectivity index (χ4v) is 3.23. The predicted molar refractivity (Wildman–Crippen MR) is 94.3 cm³/mol. The van der Waals surface area contributed by atoms with Gasteiger partial charge in [-0.15, -0.1) is 0 Å². The van der Waals surface area contributed by atoms with Gasteiger partial charge in [-0.2, -0.15) is 0 Å². The molecule has 0 amide bonds. The third-order valence-electron chi connectivity index (χ3n) is 5.33. The van der Waals surface area contributed by atoms with Gasteiger partial charge in [0.1, 0.15) is 5.60 Å². The molecule has 2 rings (SSSR count). The monoisotopic (exact) mass is 320 g/mol. The molecule has 1 aliphatic carbocycles. The molecule has 0 bridgehead atoms. The van der Waals surface area contributed by atoms with Crippen molar-refractivity contribution in [2.75, 3.05) is 6.61 Å². The molecule has 0 aromatic carbocycles. The summed E-state index contributed by atoms with van der Waals surface area (Å²) in [7, 11) is 0. The molecular formula is C20H32O3. The second-order valence-electron chi connectivity index (χ2n) is 7.68. The van der Waals surface area contributed by atoms with E-state index in [2.05, 4.69) is 32.9 Å². The van der Waals surface area contributed by atoms with Crippen LogP contribution in [0.5, 0.6) is 0 Å². The topological polar surface area (TPSA) is 53.0 Å². The van der Waals surface area contributed by atoms with Gasteiger partial charge in [-0.05, 0) is 71.8 Å². The molecule has 23 heavy (non-hydrogen) atoms. The molecule has 1 saturated heterocycles. The molecule has 3 nitrogen and oxygen atoms in total. The van der Waals surface area contributed by atoms with Gasteiger partial charge in [0, 0.05) is 0 Å². The zero-order chi connectivity index (χ0) is 17.1. The molecule has 0 aromatic rings. The minimum atomic E-state index is -1.15. The van der Waals surface area contributed by atoms with Gasteiger partial charge in [0.2, 0.25) is 0 Å². The minimum absolute atomic E-state index is 0.0722. The molecule has 0 saturated carbocycles. The lowest BCUT2D eigenvalue weighted by Crippen LogP contribution is -2.31. The van der Waals surface area contributed by atoms with E-state index >= 15 is 0 Å². The first-order chi connectivity index (χ1) is 10.8. The van der Waals surface area contributed by atoms with Crippen LogP contribution >= 0.6 is 0 Å². The lowest BCUT2D eigenvalue weighted by molar-refractivity contribution is 0.0307. The molecule has 0 spiro atoms. The quantitative estimate of drug-likeness (QED) is 0.596. The van der Waals surface area contributed by atoms with Crippen molar-refractivity contribution in [3.05, 3.63) is 34.9 Å². The van der Waals surface area contributed by atoms with E-state index in [9.17, 15) is 10.2 Å². The number of rotatable bonds is 2. The van der Waals surface area contributed by atoms with E-state index in [1.165, 1.54) is 11.1 Å². The molecule has 0 radical (unpaired) electrons. The summed E-state index contributed by atoms with van der Waals surface area (Å²) >= 11 is 0. The highest BCUT2D eigenvalue weighted by Gasteiger charge is 2.50. The maximum atomic E-state index is 10.4. The Morgan fingerprint density at radius 3 is 2.65 bits per heavy atom. The molecule has 0 aromatic heterocycles. The Kier molecular flexibility index (Phi) is 5.88. The van der Waals surface area contributed by atoms with E-state index in [0.717, 1.165) is 44.1 Å². The van der Waals surface area contributed by atoms with Gasteiger partial charge in [-0.25, -0.2) is 0 Å². The minimum Gasteiger partial charge on any atom is -0.393 e. The summed E-state index contributed by atoms with van der Waals surface area (Å²) in [6, 6.07) is 0. The number of aliphatic hydroxyl groups is 2. The van der Waals surface area contributed by atoms with Gasteiger partial charge in [0.05, 0.1) is 18.3 Å². The van der Waals surface area contributed by atoms with Crippen LogP contribution in [-0.2, 0) is 4.74 Å². The zero-order valence-corrected chi connectivity index (χ0v) is 15.1. The third-order valence-corrected chi connectivity index (χ3v) is 5.33. The van der Waals surface area contributed by atoms with E-state index in [0.29, 0.717) is 6.10 Å². The Bertz CT molecular complexity index is 513. The van der Waals surface area contributed by atoms with Gasteiger partial charge in [0.15, 0.2) is 0 Å². The smallest absolute Gasteiger partial charge is 0.106 e. The van der Waals surface area contributed by atoms with Crippen molar-refractivity contribution >= 4 is 0 Å². The molecule has 3 heteroatoms. The van der Waals surface area contributed by atoms with Gasteiger partial charge in [-0.3, -0.25) is 0 Å². The fraction of sp³-hybridized carbons (Fsp3) is 0.700. The Balaban J connectivity index is 2.18. The van der Waals surface area contributed by atoms with Crippen molar-refractivity contribution in [2.45, 2.75) is 83.5 Å². The Labute approximate surface area is 140 Å². The third kappa shape index (κ3) is 5.03. The predicted octanol–water partition coefficient (Wildman–Crippen LogP) is 4.06. The van der Waals surface area contributed by atoms with E-state index in [1.54, 1.807) is 6.92 Å². The van der Waals surface area contributed by atoms with Crippen LogP contribution in [0.3, 0.4) is 0 Å². The first-order valence-electron chi connectivity index (χ1n) is 8.80. The molecule has 0 unspecified atom stereocenters. The van der Waals surface area contributed by atoms with Crippen LogP contribution in [0.2, 0.25) is 0 Å². The SMILES string of the molecule is C/C1=C/CC[C@]2(C)O[C@H]2CC/C(C)=C/C=C(/[C@@](C)(O)CO)CC1. The molecule has 2 aliphatic rings. The van der Waals surface area contributed by atoms with Crippen LogP contribution < -0.4 is 0 Å². The molecule has 1 fully saturated rings. The molecule has 2 N–H and O–H groups in total. The summed E-state index contributed by atoms with van der Waals surface area (Å²) in [6.07, 6.45) is 12.6. The standard InChI is InChI=1S/C20H32O3/c1-15-6-5-13-20(4)18(23-20)12-9-16(2)8-11-17(10-7-15)19(3,22)14-21/h6,8,11,18,21-22H,5,7,9-10,12-14H2,1-4H3/b15-6-,16-8+,17-11+/t18-,19-,20-/m0/s1. The second kappa shape index (κ2) is 7.33. The van der Waals surface area contributed by atoms with E-state index in [1.807, 2.05) is 6.08 Å². The zero-order valence-electron chi connectivity index (χ0n) is 15.1. The molecule has 130 valence electrons. The molecule has 3 atom stereocenters. The maximum Gasteiger partial charge on any atom is 0.106 e. The van der Waals surface area contributed by atoms with Gasteiger partial charge < -0.3 is 14.9 Å². The van der Waals surface area contributed by atoms with Crippen LogP contribution in [0.1, 0.15) is 66.2 Å². The summed E-state index contributed by atoms with van der Waals surface area (Å²) in [5, 5.41) is 19.9. The average molecular weight is 320 g/mol. The second-order valence-corrected chi connectivity index (χ2v) is 7.68. The van der Waals surface area contributed by atoms with Crippen LogP contribution in [0.4, 0.5) is 0 Å². The number of fused-ring (bicyclic) bond motifs is 1. The fourth-order valence-electron chi connectivity index (χ4n) is 3.23. The van der Waals surface area contributed by atoms with E-state index < -0.39 is 5.60 Å². The molecule has 1 aliphatic heterocycles. The highest BCUT2D eigenvalue weighted by atomic mass is 16.6. The van der Waals surface area contributed by atoms with Crippen LogP contribution in [0.25, 0.3) is 0 Å². The maximum absolute atomic E-state index is 10.4. The van der Waals surface area contributed by atoms with Crippen molar-refractivity contribution in [2.24, 2.45) is 0 Å². The van der Waals surface area contributed by atoms with Crippen molar-refractivity contribution in [3.8, 4) is 0 Å². The number of hydrogen-bond acceptors (Lipinski definition) is 3. The number of aliphatic hydroxyl groups excluding tert-OH is 1. The summed E-state index contributed by atoms with van der Waals surface area (Å²) in [5.74, 6) is 0. The Morgan fingerprint density at radius 2 is 1.96 bits per heavy atom. The molecular weight excluding hydrogens is 288 g/mol. The Morgan fingerprint density at radius 1 is 1.22 bits per heavy atom. The van der Waals surface area contributed by atoms with Crippen molar-refractivity contribution in [1.82, 2.24) is 0 Å². The normalized spacial score (nSPS) is 39.4. The highest BCUT2D eigenvalue weighted by molar-refractivity contribution is 5.25. The first kappa shape index (κ1) is 18.4. The summed E-state index contributed by atoms with van der Waals surface area (Å²) < 4.78 is 5.91. The van der Waals surface area contributed by atoms with E-state index in [-0.39, 0.29) is 12.2 Å². The number of ether oxygens (including phenoxy) is 1. The van der Waals surface area contributed by atoms with Crippen LogP contribution in [-0.4, -0.2) is 34.1 Å². The van der Waals surface area contributed by atoms with E-state index in [4.69, 9.17) is 4.74 Å². The van der Waals surface area contributed by atoms with Gasteiger partial charge >= 0.3 is 0 Å². The summed E-state index contributed by atoms with van der Waals surface area (Å²) in [4.78, 5) is 0. The lowest BCUT2D eigenvalue weighted by Gasteiger charge is -2.24.